The maximum absolute atomic E-state index is 4.64. The van der Waals surface area contributed by atoms with Gasteiger partial charge in [-0.25, -0.2) is 0 Å². The minimum absolute atomic E-state index is 0.395. The number of rotatable bonds is 4. The molecule has 4 rings (SSSR count). The molecule has 2 bridgehead atoms. The van der Waals surface area contributed by atoms with Crippen LogP contribution in [-0.2, 0) is 6.54 Å². The van der Waals surface area contributed by atoms with Crippen LogP contribution >= 0.6 is 11.3 Å². The second kappa shape index (κ2) is 6.37. The minimum atomic E-state index is 0.395. The number of nitrogens with zero attached hydrogens (tertiary/aromatic N) is 1. The molecule has 0 spiro atoms. The monoisotopic (exact) mass is 326 g/mol. The Balaban J connectivity index is 1.42. The number of hydrogen-bond donors (Lipinski definition) is 1. The molecule has 0 radical (unpaired) electrons. The van der Waals surface area contributed by atoms with Crippen molar-refractivity contribution in [3.05, 3.63) is 40.7 Å². The van der Waals surface area contributed by atoms with Gasteiger partial charge in [-0.15, -0.1) is 0 Å². The fraction of sp³-hybridized carbons (Fsp3) is 0.550. The average Bonchev–Trinajstić information content (AvgIpc) is 3.07. The zero-order valence-corrected chi connectivity index (χ0v) is 14.7. The Morgan fingerprint density at radius 1 is 1.30 bits per heavy atom. The molecule has 0 aliphatic heterocycles. The van der Waals surface area contributed by atoms with E-state index in [1.165, 1.54) is 49.7 Å². The van der Waals surface area contributed by atoms with Gasteiger partial charge in [0.05, 0.1) is 5.69 Å². The molecular formula is C20H26N2S. The lowest BCUT2D eigenvalue weighted by Crippen LogP contribution is -2.52. The number of thiophene rings is 1. The summed E-state index contributed by atoms with van der Waals surface area (Å²) in [6.07, 6.45) is 10.4. The van der Waals surface area contributed by atoms with E-state index in [9.17, 15) is 0 Å². The van der Waals surface area contributed by atoms with E-state index in [1.807, 2.05) is 6.20 Å². The van der Waals surface area contributed by atoms with Gasteiger partial charge < -0.3 is 5.32 Å². The normalized spacial score (nSPS) is 30.3. The van der Waals surface area contributed by atoms with Crippen LogP contribution in [0.1, 0.15) is 51.0 Å². The van der Waals surface area contributed by atoms with Gasteiger partial charge in [-0.1, -0.05) is 25.8 Å². The largest absolute Gasteiger partial charge is 0.307 e. The summed E-state index contributed by atoms with van der Waals surface area (Å²) in [6, 6.07) is 6.52. The molecule has 2 fully saturated rings. The van der Waals surface area contributed by atoms with Gasteiger partial charge in [-0.3, -0.25) is 4.98 Å². The van der Waals surface area contributed by atoms with E-state index in [0.29, 0.717) is 5.54 Å². The standard InChI is InChI=1S/C20H26N2S/c1-15-9-16-3-2-7-20(10-15,11-16)22-13-17-4-5-19(21-12-17)18-6-8-23-14-18/h4-6,8,12,14-16,22H,2-3,7,9-11,13H2,1H3. The topological polar surface area (TPSA) is 24.9 Å². The molecule has 2 aliphatic rings. The van der Waals surface area contributed by atoms with Crippen LogP contribution in [0.2, 0.25) is 0 Å². The smallest absolute Gasteiger partial charge is 0.0710 e. The lowest BCUT2D eigenvalue weighted by Gasteiger charge is -2.48. The van der Waals surface area contributed by atoms with Crippen LogP contribution in [0.4, 0.5) is 0 Å². The Morgan fingerprint density at radius 2 is 2.26 bits per heavy atom. The fourth-order valence-corrected chi connectivity index (χ4v) is 5.47. The van der Waals surface area contributed by atoms with Crippen molar-refractivity contribution in [3.8, 4) is 11.3 Å². The zero-order valence-electron chi connectivity index (χ0n) is 13.9. The van der Waals surface area contributed by atoms with Crippen LogP contribution < -0.4 is 5.32 Å². The van der Waals surface area contributed by atoms with Gasteiger partial charge in [-0.2, -0.15) is 11.3 Å². The van der Waals surface area contributed by atoms with E-state index < -0.39 is 0 Å². The number of pyridine rings is 1. The Morgan fingerprint density at radius 3 is 3.04 bits per heavy atom. The predicted molar refractivity (Wildman–Crippen MR) is 97.5 cm³/mol. The summed E-state index contributed by atoms with van der Waals surface area (Å²) in [4.78, 5) is 4.64. The molecule has 3 atom stereocenters. The molecule has 122 valence electrons. The molecule has 2 aromatic heterocycles. The number of fused-ring (bicyclic) bond motifs is 2. The molecule has 3 unspecified atom stereocenters. The van der Waals surface area contributed by atoms with Gasteiger partial charge in [0, 0.05) is 29.2 Å². The second-order valence-electron chi connectivity index (χ2n) is 7.70. The molecule has 1 N–H and O–H groups in total. The summed E-state index contributed by atoms with van der Waals surface area (Å²) in [5, 5.41) is 8.19. The van der Waals surface area contributed by atoms with Crippen molar-refractivity contribution in [3.63, 3.8) is 0 Å². The lowest BCUT2D eigenvalue weighted by atomic mass is 9.64. The van der Waals surface area contributed by atoms with Crippen LogP contribution in [-0.4, -0.2) is 10.5 Å². The highest BCUT2D eigenvalue weighted by molar-refractivity contribution is 7.08. The van der Waals surface area contributed by atoms with E-state index in [0.717, 1.165) is 24.1 Å². The van der Waals surface area contributed by atoms with Crippen molar-refractivity contribution in [2.75, 3.05) is 0 Å². The second-order valence-corrected chi connectivity index (χ2v) is 8.49. The Kier molecular flexibility index (Phi) is 4.25. The molecule has 2 aromatic rings. The van der Waals surface area contributed by atoms with Crippen molar-refractivity contribution in [1.82, 2.24) is 10.3 Å². The molecule has 2 nitrogen and oxygen atoms in total. The third-order valence-electron chi connectivity index (χ3n) is 5.73. The predicted octanol–water partition coefficient (Wildman–Crippen LogP) is 5.26. The number of aromatic nitrogens is 1. The quantitative estimate of drug-likeness (QED) is 0.829. The Hall–Kier alpha value is -1.19. The first-order valence-electron chi connectivity index (χ1n) is 8.95. The fourth-order valence-electron chi connectivity index (χ4n) is 4.82. The Bertz CT molecular complexity index is 630. The summed E-state index contributed by atoms with van der Waals surface area (Å²) in [7, 11) is 0. The lowest BCUT2D eigenvalue weighted by molar-refractivity contribution is 0.0825. The third kappa shape index (κ3) is 3.36. The van der Waals surface area contributed by atoms with Gasteiger partial charge in [0.2, 0.25) is 0 Å². The summed E-state index contributed by atoms with van der Waals surface area (Å²) >= 11 is 1.72. The van der Waals surface area contributed by atoms with Gasteiger partial charge in [0.1, 0.15) is 0 Å². The van der Waals surface area contributed by atoms with Crippen molar-refractivity contribution in [2.24, 2.45) is 11.8 Å². The van der Waals surface area contributed by atoms with Crippen LogP contribution in [0.15, 0.2) is 35.2 Å². The van der Waals surface area contributed by atoms with E-state index in [4.69, 9.17) is 0 Å². The van der Waals surface area contributed by atoms with Crippen LogP contribution in [0.25, 0.3) is 11.3 Å². The molecular weight excluding hydrogens is 300 g/mol. The molecule has 0 amide bonds. The molecule has 23 heavy (non-hydrogen) atoms. The Labute approximate surface area is 143 Å². The highest BCUT2D eigenvalue weighted by Gasteiger charge is 2.41. The SMILES string of the molecule is CC1CC2CCCC(NCc3ccc(-c4ccsc4)nc3)(C1)C2. The third-order valence-corrected chi connectivity index (χ3v) is 6.41. The van der Waals surface area contributed by atoms with E-state index >= 15 is 0 Å². The van der Waals surface area contributed by atoms with Gasteiger partial charge >= 0.3 is 0 Å². The molecule has 2 heterocycles. The first kappa shape index (κ1) is 15.3. The van der Waals surface area contributed by atoms with Crippen molar-refractivity contribution < 1.29 is 0 Å². The number of hydrogen-bond acceptors (Lipinski definition) is 3. The van der Waals surface area contributed by atoms with E-state index in [2.05, 4.69) is 46.2 Å². The molecule has 0 saturated heterocycles. The molecule has 0 aromatic carbocycles. The summed E-state index contributed by atoms with van der Waals surface area (Å²) in [6.45, 7) is 3.39. The number of nitrogens with one attached hydrogen (secondary N) is 1. The van der Waals surface area contributed by atoms with Gasteiger partial charge in [-0.05, 0) is 60.6 Å². The van der Waals surface area contributed by atoms with Gasteiger partial charge in [0.15, 0.2) is 0 Å². The maximum atomic E-state index is 4.64. The van der Waals surface area contributed by atoms with Crippen molar-refractivity contribution in [2.45, 2.75) is 57.5 Å². The minimum Gasteiger partial charge on any atom is -0.307 e. The van der Waals surface area contributed by atoms with Gasteiger partial charge in [0.25, 0.3) is 0 Å². The molecule has 3 heteroatoms. The van der Waals surface area contributed by atoms with Crippen LogP contribution in [0.5, 0.6) is 0 Å². The molecule has 2 saturated carbocycles. The van der Waals surface area contributed by atoms with Crippen LogP contribution in [0.3, 0.4) is 0 Å². The van der Waals surface area contributed by atoms with Crippen molar-refractivity contribution in [1.29, 1.82) is 0 Å². The first-order valence-corrected chi connectivity index (χ1v) is 9.89. The maximum Gasteiger partial charge on any atom is 0.0710 e. The average molecular weight is 327 g/mol. The summed E-state index contributed by atoms with van der Waals surface area (Å²) in [5.74, 6) is 1.83. The summed E-state index contributed by atoms with van der Waals surface area (Å²) in [5.41, 5.74) is 4.01. The highest BCUT2D eigenvalue weighted by atomic mass is 32.1. The van der Waals surface area contributed by atoms with Crippen molar-refractivity contribution >= 4 is 11.3 Å². The molecule has 2 aliphatic carbocycles. The zero-order chi connectivity index (χ0) is 15.7. The summed E-state index contributed by atoms with van der Waals surface area (Å²) < 4.78 is 0. The van der Waals surface area contributed by atoms with Crippen LogP contribution in [0, 0.1) is 11.8 Å². The van der Waals surface area contributed by atoms with E-state index in [-0.39, 0.29) is 0 Å². The van der Waals surface area contributed by atoms with E-state index in [1.54, 1.807) is 11.3 Å². The first-order chi connectivity index (χ1) is 11.2. The highest BCUT2D eigenvalue weighted by Crippen LogP contribution is 2.45.